The van der Waals surface area contributed by atoms with Gasteiger partial charge in [-0.3, -0.25) is 0 Å². The van der Waals surface area contributed by atoms with Gasteiger partial charge in [0.05, 0.1) is 11.7 Å². The minimum atomic E-state index is -0.105. The second-order valence-corrected chi connectivity index (χ2v) is 4.45. The third-order valence-electron chi connectivity index (χ3n) is 2.98. The van der Waals surface area contributed by atoms with Gasteiger partial charge < -0.3 is 20.2 Å². The van der Waals surface area contributed by atoms with E-state index in [2.05, 4.69) is 9.97 Å². The fraction of sp³-hybridized carbons (Fsp3) is 0.308. The highest BCUT2D eigenvalue weighted by Gasteiger charge is 2.17. The molecule has 94 valence electrons. The van der Waals surface area contributed by atoms with E-state index in [1.165, 1.54) is 0 Å². The SMILES string of the molecule is Cc1[nH]c(C(C)N)nc1-c1ccc2c(c1)OCO2. The molecule has 0 amide bonds. The van der Waals surface area contributed by atoms with Gasteiger partial charge in [-0.1, -0.05) is 0 Å². The lowest BCUT2D eigenvalue weighted by molar-refractivity contribution is 0.174. The van der Waals surface area contributed by atoms with Crippen molar-refractivity contribution < 1.29 is 9.47 Å². The summed E-state index contributed by atoms with van der Waals surface area (Å²) in [6.07, 6.45) is 0. The van der Waals surface area contributed by atoms with Gasteiger partial charge in [0.1, 0.15) is 5.82 Å². The van der Waals surface area contributed by atoms with Gasteiger partial charge in [-0.2, -0.15) is 0 Å². The lowest BCUT2D eigenvalue weighted by atomic mass is 10.1. The van der Waals surface area contributed by atoms with Gasteiger partial charge in [-0.25, -0.2) is 4.98 Å². The van der Waals surface area contributed by atoms with Crippen LogP contribution in [0.1, 0.15) is 24.5 Å². The Labute approximate surface area is 105 Å². The molecule has 1 aromatic carbocycles. The Kier molecular flexibility index (Phi) is 2.48. The van der Waals surface area contributed by atoms with E-state index < -0.39 is 0 Å². The lowest BCUT2D eigenvalue weighted by Gasteiger charge is -2.01. The minimum absolute atomic E-state index is 0.105. The smallest absolute Gasteiger partial charge is 0.231 e. The summed E-state index contributed by atoms with van der Waals surface area (Å²) in [7, 11) is 0. The van der Waals surface area contributed by atoms with E-state index in [0.717, 1.165) is 34.3 Å². The molecule has 1 aliphatic heterocycles. The molecule has 3 rings (SSSR count). The van der Waals surface area contributed by atoms with Crippen molar-refractivity contribution in [1.29, 1.82) is 0 Å². The van der Waals surface area contributed by atoms with E-state index in [1.807, 2.05) is 32.0 Å². The number of aryl methyl sites for hydroxylation is 1. The maximum atomic E-state index is 5.83. The maximum absolute atomic E-state index is 5.83. The van der Waals surface area contributed by atoms with Crippen LogP contribution in [-0.2, 0) is 0 Å². The average Bonchev–Trinajstić information content (AvgIpc) is 2.93. The van der Waals surface area contributed by atoms with Gasteiger partial charge in [-0.15, -0.1) is 0 Å². The van der Waals surface area contributed by atoms with Crippen molar-refractivity contribution >= 4 is 0 Å². The fourth-order valence-electron chi connectivity index (χ4n) is 2.02. The molecule has 0 saturated carbocycles. The molecular weight excluding hydrogens is 230 g/mol. The van der Waals surface area contributed by atoms with Crippen molar-refractivity contribution in [3.8, 4) is 22.8 Å². The number of hydrogen-bond acceptors (Lipinski definition) is 4. The van der Waals surface area contributed by atoms with Gasteiger partial charge in [0, 0.05) is 11.3 Å². The molecule has 0 spiro atoms. The molecule has 2 aromatic rings. The zero-order valence-electron chi connectivity index (χ0n) is 10.4. The first-order valence-corrected chi connectivity index (χ1v) is 5.87. The van der Waals surface area contributed by atoms with Crippen molar-refractivity contribution in [2.24, 2.45) is 5.73 Å². The Morgan fingerprint density at radius 2 is 2.11 bits per heavy atom. The molecule has 0 bridgehead atoms. The number of aromatic nitrogens is 2. The van der Waals surface area contributed by atoms with Crippen molar-refractivity contribution in [1.82, 2.24) is 9.97 Å². The van der Waals surface area contributed by atoms with Crippen LogP contribution in [0.15, 0.2) is 18.2 Å². The van der Waals surface area contributed by atoms with Crippen molar-refractivity contribution in [3.05, 3.63) is 29.7 Å². The fourth-order valence-corrected chi connectivity index (χ4v) is 2.02. The normalized spacial score (nSPS) is 14.8. The van der Waals surface area contributed by atoms with Crippen LogP contribution < -0.4 is 15.2 Å². The van der Waals surface area contributed by atoms with Crippen LogP contribution in [0.5, 0.6) is 11.5 Å². The highest BCUT2D eigenvalue weighted by atomic mass is 16.7. The predicted octanol–water partition coefficient (Wildman–Crippen LogP) is 2.13. The van der Waals surface area contributed by atoms with Gasteiger partial charge in [0.15, 0.2) is 11.5 Å². The van der Waals surface area contributed by atoms with Crippen LogP contribution in [-0.4, -0.2) is 16.8 Å². The first kappa shape index (κ1) is 11.1. The topological polar surface area (TPSA) is 73.2 Å². The molecule has 0 fully saturated rings. The Hall–Kier alpha value is -2.01. The number of fused-ring (bicyclic) bond motifs is 1. The lowest BCUT2D eigenvalue weighted by Crippen LogP contribution is -2.06. The average molecular weight is 245 g/mol. The number of H-pyrrole nitrogens is 1. The Morgan fingerprint density at radius 1 is 1.33 bits per heavy atom. The first-order chi connectivity index (χ1) is 8.65. The van der Waals surface area contributed by atoms with Crippen LogP contribution in [0.2, 0.25) is 0 Å². The van der Waals surface area contributed by atoms with Crippen LogP contribution >= 0.6 is 0 Å². The van der Waals surface area contributed by atoms with E-state index in [4.69, 9.17) is 15.2 Å². The summed E-state index contributed by atoms with van der Waals surface area (Å²) in [5, 5.41) is 0. The van der Waals surface area contributed by atoms with Gasteiger partial charge >= 0.3 is 0 Å². The molecule has 5 heteroatoms. The number of nitrogens with two attached hydrogens (primary N) is 1. The summed E-state index contributed by atoms with van der Waals surface area (Å²) in [6.45, 7) is 4.17. The number of imidazole rings is 1. The van der Waals surface area contributed by atoms with E-state index in [0.29, 0.717) is 0 Å². The maximum Gasteiger partial charge on any atom is 0.231 e. The molecule has 1 atom stereocenters. The predicted molar refractivity (Wildman–Crippen MR) is 67.5 cm³/mol. The zero-order valence-corrected chi connectivity index (χ0v) is 10.4. The molecule has 1 aromatic heterocycles. The monoisotopic (exact) mass is 245 g/mol. The van der Waals surface area contributed by atoms with Gasteiger partial charge in [-0.05, 0) is 32.0 Å². The largest absolute Gasteiger partial charge is 0.454 e. The first-order valence-electron chi connectivity index (χ1n) is 5.87. The number of ether oxygens (including phenoxy) is 2. The van der Waals surface area contributed by atoms with E-state index in [-0.39, 0.29) is 12.8 Å². The number of nitrogens with one attached hydrogen (secondary N) is 1. The number of benzene rings is 1. The molecule has 5 nitrogen and oxygen atoms in total. The van der Waals surface area contributed by atoms with Crippen molar-refractivity contribution in [2.45, 2.75) is 19.9 Å². The standard InChI is InChI=1S/C13H15N3O2/c1-7(14)13-15-8(2)12(16-13)9-3-4-10-11(5-9)18-6-17-10/h3-5,7H,6,14H2,1-2H3,(H,15,16). The summed E-state index contributed by atoms with van der Waals surface area (Å²) in [5.41, 5.74) is 8.73. The summed E-state index contributed by atoms with van der Waals surface area (Å²) in [6, 6.07) is 5.71. The number of nitrogens with zero attached hydrogens (tertiary/aromatic N) is 1. The Bertz CT molecular complexity index is 590. The molecule has 0 aliphatic carbocycles. The van der Waals surface area contributed by atoms with Crippen LogP contribution in [0.3, 0.4) is 0 Å². The van der Waals surface area contributed by atoms with Crippen LogP contribution in [0.25, 0.3) is 11.3 Å². The molecule has 1 unspecified atom stereocenters. The Balaban J connectivity index is 2.04. The van der Waals surface area contributed by atoms with Crippen LogP contribution in [0, 0.1) is 6.92 Å². The third kappa shape index (κ3) is 1.73. The number of hydrogen-bond donors (Lipinski definition) is 2. The summed E-state index contributed by atoms with van der Waals surface area (Å²) < 4.78 is 10.7. The molecular formula is C13H15N3O2. The summed E-state index contributed by atoms with van der Waals surface area (Å²) >= 11 is 0. The highest BCUT2D eigenvalue weighted by molar-refractivity contribution is 5.66. The third-order valence-corrected chi connectivity index (χ3v) is 2.98. The van der Waals surface area contributed by atoms with Crippen molar-refractivity contribution in [2.75, 3.05) is 6.79 Å². The van der Waals surface area contributed by atoms with E-state index in [9.17, 15) is 0 Å². The summed E-state index contributed by atoms with van der Waals surface area (Å²) in [4.78, 5) is 7.73. The van der Waals surface area contributed by atoms with E-state index >= 15 is 0 Å². The van der Waals surface area contributed by atoms with Gasteiger partial charge in [0.2, 0.25) is 6.79 Å². The quantitative estimate of drug-likeness (QED) is 0.850. The molecule has 1 aliphatic rings. The molecule has 18 heavy (non-hydrogen) atoms. The zero-order chi connectivity index (χ0) is 12.7. The molecule has 0 saturated heterocycles. The molecule has 2 heterocycles. The molecule has 3 N–H and O–H groups in total. The van der Waals surface area contributed by atoms with Crippen LogP contribution in [0.4, 0.5) is 0 Å². The number of aromatic amines is 1. The Morgan fingerprint density at radius 3 is 2.83 bits per heavy atom. The second kappa shape index (κ2) is 4.03. The second-order valence-electron chi connectivity index (χ2n) is 4.45. The van der Waals surface area contributed by atoms with Gasteiger partial charge in [0.25, 0.3) is 0 Å². The van der Waals surface area contributed by atoms with Crippen molar-refractivity contribution in [3.63, 3.8) is 0 Å². The summed E-state index contributed by atoms with van der Waals surface area (Å²) in [5.74, 6) is 2.33. The molecule has 0 radical (unpaired) electrons. The highest BCUT2D eigenvalue weighted by Crippen LogP contribution is 2.36. The van der Waals surface area contributed by atoms with E-state index in [1.54, 1.807) is 0 Å². The number of rotatable bonds is 2. The minimum Gasteiger partial charge on any atom is -0.454 e.